The predicted molar refractivity (Wildman–Crippen MR) is 69.3 cm³/mol. The number of aromatic nitrogens is 4. The van der Waals surface area contributed by atoms with E-state index in [2.05, 4.69) is 26.5 Å². The summed E-state index contributed by atoms with van der Waals surface area (Å²) >= 11 is 0. The van der Waals surface area contributed by atoms with E-state index in [-0.39, 0.29) is 0 Å². The molecule has 3 heterocycles. The van der Waals surface area contributed by atoms with Gasteiger partial charge < -0.3 is 5.32 Å². The number of hydrogen-bond acceptors (Lipinski definition) is 5. The molecule has 92 valence electrons. The molecule has 19 heavy (non-hydrogen) atoms. The Morgan fingerprint density at radius 3 is 3.00 bits per heavy atom. The van der Waals surface area contributed by atoms with E-state index in [4.69, 9.17) is 5.26 Å². The van der Waals surface area contributed by atoms with Crippen molar-refractivity contribution in [1.82, 2.24) is 19.6 Å². The normalized spacial score (nSPS) is 10.3. The van der Waals surface area contributed by atoms with Crippen LogP contribution in [0.25, 0.3) is 5.65 Å². The highest BCUT2D eigenvalue weighted by atomic mass is 15.3. The van der Waals surface area contributed by atoms with E-state index in [9.17, 15) is 0 Å². The molecule has 0 spiro atoms. The number of hydrogen-bond donors (Lipinski definition) is 1. The molecular weight excluding hydrogens is 240 g/mol. The van der Waals surface area contributed by atoms with E-state index < -0.39 is 0 Å². The van der Waals surface area contributed by atoms with Gasteiger partial charge in [0.2, 0.25) is 0 Å². The Bertz CT molecular complexity index is 755. The summed E-state index contributed by atoms with van der Waals surface area (Å²) < 4.78 is 1.75. The van der Waals surface area contributed by atoms with Crippen LogP contribution in [-0.4, -0.2) is 19.6 Å². The van der Waals surface area contributed by atoms with Crippen molar-refractivity contribution >= 4 is 11.5 Å². The van der Waals surface area contributed by atoms with Gasteiger partial charge >= 0.3 is 0 Å². The third-order valence-corrected chi connectivity index (χ3v) is 2.73. The van der Waals surface area contributed by atoms with Gasteiger partial charge in [-0.15, -0.1) is 0 Å². The molecule has 0 aromatic carbocycles. The summed E-state index contributed by atoms with van der Waals surface area (Å²) in [6, 6.07) is 9.29. The fourth-order valence-electron chi connectivity index (χ4n) is 1.83. The van der Waals surface area contributed by atoms with Gasteiger partial charge in [0, 0.05) is 18.5 Å². The third-order valence-electron chi connectivity index (χ3n) is 2.73. The van der Waals surface area contributed by atoms with Crippen molar-refractivity contribution in [3.05, 3.63) is 54.1 Å². The Morgan fingerprint density at radius 2 is 2.11 bits per heavy atom. The van der Waals surface area contributed by atoms with Crippen LogP contribution in [0.15, 0.2) is 42.9 Å². The highest BCUT2D eigenvalue weighted by Gasteiger charge is 2.05. The van der Waals surface area contributed by atoms with E-state index in [0.717, 1.165) is 11.3 Å². The lowest BCUT2D eigenvalue weighted by Gasteiger charge is -2.08. The van der Waals surface area contributed by atoms with Crippen LogP contribution in [0.3, 0.4) is 0 Å². The van der Waals surface area contributed by atoms with Crippen LogP contribution in [0.2, 0.25) is 0 Å². The monoisotopic (exact) mass is 250 g/mol. The fraction of sp³-hybridized carbons (Fsp3) is 0.0769. The smallest absolute Gasteiger partial charge is 0.155 e. The minimum atomic E-state index is 0.520. The van der Waals surface area contributed by atoms with Gasteiger partial charge in [-0.3, -0.25) is 0 Å². The molecule has 0 saturated carbocycles. The number of anilines is 1. The van der Waals surface area contributed by atoms with Gasteiger partial charge in [-0.1, -0.05) is 0 Å². The number of pyridine rings is 1. The molecule has 6 heteroatoms. The Morgan fingerprint density at radius 1 is 1.16 bits per heavy atom. The van der Waals surface area contributed by atoms with E-state index in [1.54, 1.807) is 35.2 Å². The molecule has 3 rings (SSSR count). The molecule has 0 amide bonds. The second-order valence-electron chi connectivity index (χ2n) is 3.90. The van der Waals surface area contributed by atoms with Crippen molar-refractivity contribution in [3.8, 4) is 6.07 Å². The summed E-state index contributed by atoms with van der Waals surface area (Å²) in [5, 5.41) is 16.3. The van der Waals surface area contributed by atoms with Crippen molar-refractivity contribution in [2.75, 3.05) is 5.32 Å². The van der Waals surface area contributed by atoms with Gasteiger partial charge in [0.1, 0.15) is 11.9 Å². The minimum Gasteiger partial charge on any atom is -0.363 e. The van der Waals surface area contributed by atoms with Gasteiger partial charge in [-0.05, 0) is 18.2 Å². The lowest BCUT2D eigenvalue weighted by Crippen LogP contribution is -2.08. The second kappa shape index (κ2) is 4.74. The topological polar surface area (TPSA) is 78.9 Å². The number of nitrogens with one attached hydrogen (secondary N) is 1. The summed E-state index contributed by atoms with van der Waals surface area (Å²) in [6.07, 6.45) is 5.09. The first-order valence-corrected chi connectivity index (χ1v) is 5.75. The Balaban J connectivity index is 1.87. The van der Waals surface area contributed by atoms with E-state index in [1.165, 1.54) is 0 Å². The Kier molecular flexibility index (Phi) is 2.79. The molecule has 1 N–H and O–H groups in total. The molecule has 0 unspecified atom stereocenters. The number of nitrogens with zero attached hydrogens (tertiary/aromatic N) is 5. The quantitative estimate of drug-likeness (QED) is 0.764. The van der Waals surface area contributed by atoms with E-state index in [1.807, 2.05) is 12.1 Å². The molecular formula is C13H10N6. The van der Waals surface area contributed by atoms with Crippen LogP contribution in [-0.2, 0) is 6.54 Å². The predicted octanol–water partition coefficient (Wildman–Crippen LogP) is 1.61. The molecule has 6 nitrogen and oxygen atoms in total. The van der Waals surface area contributed by atoms with E-state index >= 15 is 0 Å². The number of nitriles is 1. The van der Waals surface area contributed by atoms with Crippen LogP contribution in [0.4, 0.5) is 5.82 Å². The van der Waals surface area contributed by atoms with Gasteiger partial charge in [-0.25, -0.2) is 14.5 Å². The minimum absolute atomic E-state index is 0.520. The second-order valence-corrected chi connectivity index (χ2v) is 3.90. The van der Waals surface area contributed by atoms with Crippen molar-refractivity contribution in [2.24, 2.45) is 0 Å². The third kappa shape index (κ3) is 2.09. The summed E-state index contributed by atoms with van der Waals surface area (Å²) in [4.78, 5) is 8.35. The molecule has 0 bridgehead atoms. The average Bonchev–Trinajstić information content (AvgIpc) is 2.94. The average molecular weight is 250 g/mol. The van der Waals surface area contributed by atoms with Gasteiger partial charge in [0.05, 0.1) is 24.0 Å². The van der Waals surface area contributed by atoms with Gasteiger partial charge in [0.25, 0.3) is 0 Å². The van der Waals surface area contributed by atoms with Crippen LogP contribution in [0.5, 0.6) is 0 Å². The lowest BCUT2D eigenvalue weighted by molar-refractivity contribution is 0.851. The standard InChI is InChI=1S/C13H10N6/c14-8-10-2-1-5-16-13(10)17-9-11-3-6-15-12-4-7-18-19(11)12/h1-7H,9H2,(H,16,17). The first-order valence-electron chi connectivity index (χ1n) is 5.75. The zero-order valence-corrected chi connectivity index (χ0v) is 9.98. The largest absolute Gasteiger partial charge is 0.363 e. The molecule has 3 aromatic rings. The highest BCUT2D eigenvalue weighted by molar-refractivity contribution is 5.51. The molecule has 0 aliphatic rings. The first-order chi connectivity index (χ1) is 9.38. The van der Waals surface area contributed by atoms with Crippen LogP contribution < -0.4 is 5.32 Å². The first kappa shape index (κ1) is 11.2. The number of rotatable bonds is 3. The molecule has 0 atom stereocenters. The van der Waals surface area contributed by atoms with Crippen molar-refractivity contribution in [1.29, 1.82) is 5.26 Å². The SMILES string of the molecule is N#Cc1cccnc1NCc1ccnc2ccnn12. The summed E-state index contributed by atoms with van der Waals surface area (Å²) in [5.41, 5.74) is 2.26. The van der Waals surface area contributed by atoms with Crippen molar-refractivity contribution in [2.45, 2.75) is 6.54 Å². The van der Waals surface area contributed by atoms with E-state index in [0.29, 0.717) is 17.9 Å². The highest BCUT2D eigenvalue weighted by Crippen LogP contribution is 2.11. The fourth-order valence-corrected chi connectivity index (χ4v) is 1.83. The number of fused-ring (bicyclic) bond motifs is 1. The van der Waals surface area contributed by atoms with Crippen molar-refractivity contribution < 1.29 is 0 Å². The summed E-state index contributed by atoms with van der Waals surface area (Å²) in [6.45, 7) is 0.520. The molecule has 0 aliphatic carbocycles. The maximum atomic E-state index is 9.00. The summed E-state index contributed by atoms with van der Waals surface area (Å²) in [7, 11) is 0. The van der Waals surface area contributed by atoms with Crippen LogP contribution in [0, 0.1) is 11.3 Å². The van der Waals surface area contributed by atoms with Crippen LogP contribution >= 0.6 is 0 Å². The van der Waals surface area contributed by atoms with Crippen molar-refractivity contribution in [3.63, 3.8) is 0 Å². The molecule has 0 aliphatic heterocycles. The Hall–Kier alpha value is -2.94. The van der Waals surface area contributed by atoms with Crippen LogP contribution in [0.1, 0.15) is 11.3 Å². The Labute approximate surface area is 109 Å². The van der Waals surface area contributed by atoms with Gasteiger partial charge in [0.15, 0.2) is 5.65 Å². The zero-order valence-electron chi connectivity index (χ0n) is 9.98. The summed E-state index contributed by atoms with van der Waals surface area (Å²) in [5.74, 6) is 0.571. The molecule has 0 fully saturated rings. The maximum absolute atomic E-state index is 9.00. The molecule has 3 aromatic heterocycles. The maximum Gasteiger partial charge on any atom is 0.155 e. The zero-order chi connectivity index (χ0) is 13.1. The lowest BCUT2D eigenvalue weighted by atomic mass is 10.3. The molecule has 0 radical (unpaired) electrons. The van der Waals surface area contributed by atoms with Gasteiger partial charge in [-0.2, -0.15) is 10.4 Å². The molecule has 0 saturated heterocycles.